The first-order valence-electron chi connectivity index (χ1n) is 11.4. The van der Waals surface area contributed by atoms with Crippen molar-refractivity contribution in [3.63, 3.8) is 0 Å². The minimum Gasteiger partial charge on any atom is -0.394 e. The van der Waals surface area contributed by atoms with E-state index in [0.717, 1.165) is 0 Å². The Balaban J connectivity index is 1.72. The highest BCUT2D eigenvalue weighted by Crippen LogP contribution is 2.32. The number of aliphatic hydroxyl groups excluding tert-OH is 9. The lowest BCUT2D eigenvalue weighted by atomic mass is 9.96. The quantitative estimate of drug-likeness (QED) is 0.134. The monoisotopic (exact) mass is 532 g/mol. The van der Waals surface area contributed by atoms with Crippen LogP contribution in [0.5, 0.6) is 0 Å². The van der Waals surface area contributed by atoms with E-state index in [0.29, 0.717) is 0 Å². The summed E-state index contributed by atoms with van der Waals surface area (Å²) in [5.74, 6) is 0. The molecule has 3 fully saturated rings. The molecule has 0 aromatic rings. The van der Waals surface area contributed by atoms with Gasteiger partial charge >= 0.3 is 0 Å². The van der Waals surface area contributed by atoms with Crippen LogP contribution in [-0.2, 0) is 33.2 Å². The predicted molar refractivity (Wildman–Crippen MR) is 111 cm³/mol. The van der Waals surface area contributed by atoms with Crippen molar-refractivity contribution >= 4 is 0 Å². The fourth-order valence-corrected chi connectivity index (χ4v) is 4.51. The zero-order valence-electron chi connectivity index (χ0n) is 19.7. The summed E-state index contributed by atoms with van der Waals surface area (Å²) < 4.78 is 37.3. The summed E-state index contributed by atoms with van der Waals surface area (Å²) in [4.78, 5) is 0. The highest BCUT2D eigenvalue weighted by atomic mass is 16.8. The molecule has 0 amide bonds. The zero-order chi connectivity index (χ0) is 26.7. The number of hydrogen-bond donors (Lipinski definition) is 9. The van der Waals surface area contributed by atoms with Crippen LogP contribution in [0.3, 0.4) is 0 Å². The standard InChI is InChI=1S/C20H36O16/c1-30-15-6(3-21)33-19(13(28)9(15)24)36-17-8(5-23)34-20(14(29)11(17)26)35-16-7(4-22)32-18(31-2)12(27)10(16)25/h6-29H,3-5H2,1-2H3/t6?,7?,8?,9?,10?,11?,12?,13?,14?,15-,16+,17+,18+,19+,20+/m1/s1. The largest absolute Gasteiger partial charge is 0.394 e. The van der Waals surface area contributed by atoms with Crippen LogP contribution < -0.4 is 0 Å². The van der Waals surface area contributed by atoms with Crippen LogP contribution in [0.1, 0.15) is 0 Å². The number of ether oxygens (including phenoxy) is 7. The summed E-state index contributed by atoms with van der Waals surface area (Å²) in [5, 5.41) is 91.6. The van der Waals surface area contributed by atoms with Gasteiger partial charge in [-0.05, 0) is 0 Å². The number of aliphatic hydroxyl groups is 9. The van der Waals surface area contributed by atoms with Crippen LogP contribution in [0.25, 0.3) is 0 Å². The van der Waals surface area contributed by atoms with Crippen molar-refractivity contribution in [3.8, 4) is 0 Å². The Kier molecular flexibility index (Phi) is 10.8. The molecule has 3 heterocycles. The molecule has 36 heavy (non-hydrogen) atoms. The SMILES string of the molecule is CO[C@H]1OC(CO)[C@H](O[C@@H]2OC(CO)[C@H](O[C@@H]3OC(CO)[C@@H](OC)C(O)C3O)C(O)C2O)C(O)C1O. The molecule has 0 aromatic heterocycles. The number of hydrogen-bond acceptors (Lipinski definition) is 16. The first kappa shape index (κ1) is 29.9. The van der Waals surface area contributed by atoms with Gasteiger partial charge in [0.2, 0.25) is 0 Å². The number of methoxy groups -OCH3 is 2. The summed E-state index contributed by atoms with van der Waals surface area (Å²) in [6.45, 7) is -2.03. The van der Waals surface area contributed by atoms with Gasteiger partial charge in [-0.25, -0.2) is 0 Å². The second kappa shape index (κ2) is 12.9. The predicted octanol–water partition coefficient (Wildman–Crippen LogP) is -6.26. The highest BCUT2D eigenvalue weighted by Gasteiger charge is 2.53. The van der Waals surface area contributed by atoms with Crippen molar-refractivity contribution < 1.29 is 79.1 Å². The van der Waals surface area contributed by atoms with Gasteiger partial charge in [-0.3, -0.25) is 0 Å². The van der Waals surface area contributed by atoms with Gasteiger partial charge in [-0.15, -0.1) is 0 Å². The smallest absolute Gasteiger partial charge is 0.187 e. The van der Waals surface area contributed by atoms with Gasteiger partial charge in [0.15, 0.2) is 18.9 Å². The van der Waals surface area contributed by atoms with Crippen LogP contribution in [0.15, 0.2) is 0 Å². The lowest BCUT2D eigenvalue weighted by Gasteiger charge is -2.48. The average molecular weight is 532 g/mol. The van der Waals surface area contributed by atoms with Crippen LogP contribution in [0.4, 0.5) is 0 Å². The topological polar surface area (TPSA) is 247 Å². The van der Waals surface area contributed by atoms with Gasteiger partial charge in [0.05, 0.1) is 19.8 Å². The molecular weight excluding hydrogens is 496 g/mol. The Labute approximate surface area is 206 Å². The molecule has 3 aliphatic heterocycles. The van der Waals surface area contributed by atoms with E-state index in [2.05, 4.69) is 0 Å². The van der Waals surface area contributed by atoms with Gasteiger partial charge in [-0.2, -0.15) is 0 Å². The Morgan fingerprint density at radius 1 is 0.472 bits per heavy atom. The van der Waals surface area contributed by atoms with Gasteiger partial charge in [0.25, 0.3) is 0 Å². The molecule has 9 unspecified atom stereocenters. The fourth-order valence-electron chi connectivity index (χ4n) is 4.51. The summed E-state index contributed by atoms with van der Waals surface area (Å²) >= 11 is 0. The van der Waals surface area contributed by atoms with Crippen molar-refractivity contribution in [2.24, 2.45) is 0 Å². The van der Waals surface area contributed by atoms with Crippen molar-refractivity contribution in [3.05, 3.63) is 0 Å². The van der Waals surface area contributed by atoms with Crippen molar-refractivity contribution in [2.75, 3.05) is 34.0 Å². The Bertz CT molecular complexity index is 666. The van der Waals surface area contributed by atoms with Crippen molar-refractivity contribution in [1.29, 1.82) is 0 Å². The molecular formula is C20H36O16. The second-order valence-electron chi connectivity index (χ2n) is 8.76. The third-order valence-corrected chi connectivity index (χ3v) is 6.55. The van der Waals surface area contributed by atoms with E-state index in [4.69, 9.17) is 33.2 Å². The fraction of sp³-hybridized carbons (Fsp3) is 1.00. The van der Waals surface area contributed by atoms with Gasteiger partial charge in [0, 0.05) is 14.2 Å². The molecule has 16 nitrogen and oxygen atoms in total. The summed E-state index contributed by atoms with van der Waals surface area (Å²) in [7, 11) is 2.46. The molecule has 212 valence electrons. The molecule has 3 aliphatic rings. The highest BCUT2D eigenvalue weighted by molar-refractivity contribution is 4.96. The molecule has 0 radical (unpaired) electrons. The Morgan fingerprint density at radius 3 is 1.17 bits per heavy atom. The third kappa shape index (κ3) is 5.84. The van der Waals surface area contributed by atoms with E-state index in [-0.39, 0.29) is 0 Å². The maximum Gasteiger partial charge on any atom is 0.187 e. The molecule has 0 aromatic carbocycles. The minimum absolute atomic E-state index is 0.596. The minimum atomic E-state index is -1.85. The lowest BCUT2D eigenvalue weighted by molar-refractivity contribution is -0.379. The Hall–Kier alpha value is -0.640. The maximum absolute atomic E-state index is 10.7. The zero-order valence-corrected chi connectivity index (χ0v) is 19.7. The molecule has 15 atom stereocenters. The molecule has 0 aliphatic carbocycles. The normalized spacial score (nSPS) is 50.2. The van der Waals surface area contributed by atoms with Gasteiger partial charge in [-0.1, -0.05) is 0 Å². The van der Waals surface area contributed by atoms with Gasteiger partial charge in [0.1, 0.15) is 73.2 Å². The molecule has 9 N–H and O–H groups in total. The molecule has 0 spiro atoms. The van der Waals surface area contributed by atoms with E-state index in [9.17, 15) is 46.0 Å². The molecule has 3 rings (SSSR count). The summed E-state index contributed by atoms with van der Waals surface area (Å²) in [5.41, 5.74) is 0. The Morgan fingerprint density at radius 2 is 0.806 bits per heavy atom. The van der Waals surface area contributed by atoms with Crippen LogP contribution in [-0.4, -0.2) is 172 Å². The van der Waals surface area contributed by atoms with Crippen molar-refractivity contribution in [2.45, 2.75) is 92.1 Å². The van der Waals surface area contributed by atoms with Crippen LogP contribution in [0.2, 0.25) is 0 Å². The maximum atomic E-state index is 10.7. The first-order chi connectivity index (χ1) is 17.1. The molecule has 16 heteroatoms. The van der Waals surface area contributed by atoms with Crippen LogP contribution >= 0.6 is 0 Å². The average Bonchev–Trinajstić information content (AvgIpc) is 2.88. The first-order valence-corrected chi connectivity index (χ1v) is 11.4. The van der Waals surface area contributed by atoms with Crippen LogP contribution in [0, 0.1) is 0 Å². The molecule has 0 bridgehead atoms. The summed E-state index contributed by atoms with van der Waals surface area (Å²) in [6.07, 6.45) is -22.4. The second-order valence-corrected chi connectivity index (χ2v) is 8.76. The lowest BCUT2D eigenvalue weighted by Crippen LogP contribution is -2.66. The van der Waals surface area contributed by atoms with E-state index >= 15 is 0 Å². The van der Waals surface area contributed by atoms with E-state index < -0.39 is 112 Å². The summed E-state index contributed by atoms with van der Waals surface area (Å²) in [6, 6.07) is 0. The number of rotatable bonds is 9. The third-order valence-electron chi connectivity index (χ3n) is 6.55. The van der Waals surface area contributed by atoms with Gasteiger partial charge < -0.3 is 79.1 Å². The van der Waals surface area contributed by atoms with E-state index in [1.807, 2.05) is 0 Å². The molecule has 3 saturated heterocycles. The van der Waals surface area contributed by atoms with E-state index in [1.54, 1.807) is 0 Å². The van der Waals surface area contributed by atoms with E-state index in [1.165, 1.54) is 14.2 Å². The van der Waals surface area contributed by atoms with Crippen molar-refractivity contribution in [1.82, 2.24) is 0 Å². The molecule has 0 saturated carbocycles.